The molecule has 3 N–H and O–H groups in total. The first-order chi connectivity index (χ1) is 5.04. The predicted octanol–water partition coefficient (Wildman–Crippen LogP) is -2.39. The zero-order chi connectivity index (χ0) is 8.59. The van der Waals surface area contributed by atoms with Gasteiger partial charge in [-0.2, -0.15) is 0 Å². The van der Waals surface area contributed by atoms with E-state index in [9.17, 15) is 9.59 Å². The molecule has 0 aliphatic heterocycles. The molecular weight excluding hydrogens is 152 g/mol. The van der Waals surface area contributed by atoms with Crippen LogP contribution in [0.3, 0.4) is 0 Å². The maximum absolute atomic E-state index is 10.6. The summed E-state index contributed by atoms with van der Waals surface area (Å²) in [7, 11) is 0. The number of rotatable bonds is 0. The topological polar surface area (TPSA) is 94.8 Å². The van der Waals surface area contributed by atoms with Gasteiger partial charge in [0.2, 0.25) is 11.6 Å². The number of aliphatic hydroxyl groups excluding tert-OH is 3. The van der Waals surface area contributed by atoms with E-state index in [2.05, 4.69) is 0 Å². The van der Waals surface area contributed by atoms with E-state index in [1.807, 2.05) is 0 Å². The van der Waals surface area contributed by atoms with Crippen LogP contribution in [-0.4, -0.2) is 45.2 Å². The molecule has 62 valence electrons. The standard InChI is InChI=1S/C6H8O5/c7-2-1-3(8)5(10)6(11)4(2)9/h2,4,6-7,9,11H,1H2/t2?,4-,6?/m0/s1. The molecule has 0 radical (unpaired) electrons. The fourth-order valence-electron chi connectivity index (χ4n) is 0.942. The molecule has 1 rings (SSSR count). The van der Waals surface area contributed by atoms with Crippen molar-refractivity contribution >= 4 is 11.6 Å². The molecule has 0 heterocycles. The van der Waals surface area contributed by atoms with E-state index in [1.54, 1.807) is 0 Å². The van der Waals surface area contributed by atoms with Crippen LogP contribution in [-0.2, 0) is 9.59 Å². The van der Waals surface area contributed by atoms with Crippen molar-refractivity contribution in [2.75, 3.05) is 0 Å². The van der Waals surface area contributed by atoms with Crippen molar-refractivity contribution in [1.29, 1.82) is 0 Å². The number of carbonyl (C=O) groups is 2. The van der Waals surface area contributed by atoms with Crippen molar-refractivity contribution in [3.05, 3.63) is 0 Å². The van der Waals surface area contributed by atoms with Crippen LogP contribution in [0.25, 0.3) is 0 Å². The molecule has 0 bridgehead atoms. The molecule has 5 nitrogen and oxygen atoms in total. The molecule has 5 heteroatoms. The van der Waals surface area contributed by atoms with Gasteiger partial charge in [-0.1, -0.05) is 0 Å². The quantitative estimate of drug-likeness (QED) is 0.344. The van der Waals surface area contributed by atoms with Crippen molar-refractivity contribution in [1.82, 2.24) is 0 Å². The van der Waals surface area contributed by atoms with E-state index < -0.39 is 36.3 Å². The lowest BCUT2D eigenvalue weighted by atomic mass is 9.90. The molecule has 0 aromatic heterocycles. The zero-order valence-corrected chi connectivity index (χ0v) is 5.60. The summed E-state index contributed by atoms with van der Waals surface area (Å²) in [4.78, 5) is 21.2. The van der Waals surface area contributed by atoms with Crippen LogP contribution >= 0.6 is 0 Å². The fraction of sp³-hybridized carbons (Fsp3) is 0.667. The first kappa shape index (κ1) is 8.32. The Labute approximate surface area is 62.3 Å². The summed E-state index contributed by atoms with van der Waals surface area (Å²) in [5, 5.41) is 26.5. The van der Waals surface area contributed by atoms with E-state index in [4.69, 9.17) is 15.3 Å². The molecule has 1 saturated carbocycles. The number of hydrogen-bond donors (Lipinski definition) is 3. The molecule has 0 saturated heterocycles. The number of ketones is 2. The van der Waals surface area contributed by atoms with Gasteiger partial charge in [0.25, 0.3) is 0 Å². The van der Waals surface area contributed by atoms with Crippen LogP contribution < -0.4 is 0 Å². The fourth-order valence-corrected chi connectivity index (χ4v) is 0.942. The number of Topliss-reactive ketones (excluding diaryl/α,β-unsaturated/α-hetero) is 2. The van der Waals surface area contributed by atoms with Gasteiger partial charge < -0.3 is 15.3 Å². The highest BCUT2D eigenvalue weighted by Crippen LogP contribution is 2.13. The van der Waals surface area contributed by atoms with Crippen LogP contribution in [0.2, 0.25) is 0 Å². The highest BCUT2D eigenvalue weighted by Gasteiger charge is 2.40. The smallest absolute Gasteiger partial charge is 0.229 e. The third-order valence-corrected chi connectivity index (χ3v) is 1.66. The van der Waals surface area contributed by atoms with E-state index in [0.29, 0.717) is 0 Å². The molecule has 1 fully saturated rings. The van der Waals surface area contributed by atoms with E-state index in [1.165, 1.54) is 0 Å². The van der Waals surface area contributed by atoms with E-state index >= 15 is 0 Å². The second kappa shape index (κ2) is 2.69. The van der Waals surface area contributed by atoms with Gasteiger partial charge in [0.05, 0.1) is 6.10 Å². The third kappa shape index (κ3) is 1.30. The summed E-state index contributed by atoms with van der Waals surface area (Å²) < 4.78 is 0. The van der Waals surface area contributed by atoms with Gasteiger partial charge >= 0.3 is 0 Å². The van der Waals surface area contributed by atoms with Crippen LogP contribution in [0.15, 0.2) is 0 Å². The summed E-state index contributed by atoms with van der Waals surface area (Å²) in [5.41, 5.74) is 0. The van der Waals surface area contributed by atoms with Gasteiger partial charge in [0, 0.05) is 6.42 Å². The SMILES string of the molecule is O=C1CC(O)[C@H](O)C(O)C1=O. The second-order valence-corrected chi connectivity index (χ2v) is 2.49. The summed E-state index contributed by atoms with van der Waals surface area (Å²) in [6.45, 7) is 0. The average molecular weight is 160 g/mol. The monoisotopic (exact) mass is 160 g/mol. The van der Waals surface area contributed by atoms with Crippen LogP contribution in [0, 0.1) is 0 Å². The van der Waals surface area contributed by atoms with E-state index in [0.717, 1.165) is 0 Å². The predicted molar refractivity (Wildman–Crippen MR) is 32.7 cm³/mol. The lowest BCUT2D eigenvalue weighted by Crippen LogP contribution is -2.51. The molecule has 1 aliphatic rings. The molecule has 3 atom stereocenters. The number of carbonyl (C=O) groups excluding carboxylic acids is 2. The van der Waals surface area contributed by atoms with Gasteiger partial charge in [-0.15, -0.1) is 0 Å². The van der Waals surface area contributed by atoms with Crippen molar-refractivity contribution in [3.8, 4) is 0 Å². The van der Waals surface area contributed by atoms with Crippen LogP contribution in [0.1, 0.15) is 6.42 Å². The maximum Gasteiger partial charge on any atom is 0.229 e. The molecule has 1 aliphatic carbocycles. The summed E-state index contributed by atoms with van der Waals surface area (Å²) >= 11 is 0. The largest absolute Gasteiger partial charge is 0.390 e. The molecule has 11 heavy (non-hydrogen) atoms. The van der Waals surface area contributed by atoms with Crippen molar-refractivity contribution in [2.24, 2.45) is 0 Å². The highest BCUT2D eigenvalue weighted by atomic mass is 16.4. The van der Waals surface area contributed by atoms with Gasteiger partial charge in [-0.25, -0.2) is 0 Å². The normalized spacial score (nSPS) is 39.4. The Bertz CT molecular complexity index is 199. The first-order valence-electron chi connectivity index (χ1n) is 3.15. The second-order valence-electron chi connectivity index (χ2n) is 2.49. The van der Waals surface area contributed by atoms with Crippen LogP contribution in [0.4, 0.5) is 0 Å². The molecule has 2 unspecified atom stereocenters. The van der Waals surface area contributed by atoms with Gasteiger partial charge in [-0.05, 0) is 0 Å². The summed E-state index contributed by atoms with van der Waals surface area (Å²) in [5.74, 6) is -1.86. The van der Waals surface area contributed by atoms with Gasteiger partial charge in [0.1, 0.15) is 12.2 Å². The molecule has 0 amide bonds. The maximum atomic E-state index is 10.6. The molecule has 0 aromatic carbocycles. The molecule has 0 aromatic rings. The van der Waals surface area contributed by atoms with Gasteiger partial charge in [0.15, 0.2) is 0 Å². The Hall–Kier alpha value is -0.780. The number of hydrogen-bond acceptors (Lipinski definition) is 5. The van der Waals surface area contributed by atoms with Crippen molar-refractivity contribution < 1.29 is 24.9 Å². The molecular formula is C6H8O5. The van der Waals surface area contributed by atoms with E-state index in [-0.39, 0.29) is 0 Å². The molecule has 0 spiro atoms. The summed E-state index contributed by atoms with van der Waals surface area (Å²) in [6.07, 6.45) is -5.02. The minimum absolute atomic E-state index is 0.406. The zero-order valence-electron chi connectivity index (χ0n) is 5.60. The lowest BCUT2D eigenvalue weighted by Gasteiger charge is -2.25. The van der Waals surface area contributed by atoms with Crippen molar-refractivity contribution in [2.45, 2.75) is 24.7 Å². The summed E-state index contributed by atoms with van der Waals surface area (Å²) in [6, 6.07) is 0. The van der Waals surface area contributed by atoms with Crippen LogP contribution in [0.5, 0.6) is 0 Å². The Morgan fingerprint density at radius 1 is 1.18 bits per heavy atom. The van der Waals surface area contributed by atoms with Crippen molar-refractivity contribution in [3.63, 3.8) is 0 Å². The highest BCUT2D eigenvalue weighted by molar-refractivity contribution is 6.39. The Morgan fingerprint density at radius 2 is 1.73 bits per heavy atom. The third-order valence-electron chi connectivity index (χ3n) is 1.66. The minimum atomic E-state index is -1.76. The Kier molecular flexibility index (Phi) is 2.03. The minimum Gasteiger partial charge on any atom is -0.390 e. The Morgan fingerprint density at radius 3 is 2.27 bits per heavy atom. The lowest BCUT2D eigenvalue weighted by molar-refractivity contribution is -0.158. The Balaban J connectivity index is 2.78. The average Bonchev–Trinajstić information content (AvgIpc) is 1.97. The van der Waals surface area contributed by atoms with Gasteiger partial charge in [-0.3, -0.25) is 9.59 Å². The number of aliphatic hydroxyl groups is 3. The first-order valence-corrected chi connectivity index (χ1v) is 3.15.